The fraction of sp³-hybridized carbons (Fsp3) is 0. The Labute approximate surface area is 43.9 Å². The Morgan fingerprint density at radius 2 is 2.12 bits per heavy atom. The Kier molecular flexibility index (Phi) is 2.95. The molecule has 0 aromatic carbocycles. The van der Waals surface area contributed by atoms with Crippen LogP contribution in [-0.4, -0.2) is 11.2 Å². The molecule has 7 heteroatoms. The molecule has 0 aromatic rings. The Balaban J connectivity index is 3.50. The normalized spacial score (nSPS) is 11.0. The molecule has 0 aliphatic carbocycles. The minimum Gasteiger partial charge on any atom is -0.462 e. The quantitative estimate of drug-likeness (QED) is 0.293. The minimum absolute atomic E-state index is 1.43. The molecule has 0 spiro atoms. The number of amides is 1. The molecule has 0 fully saturated rings. The monoisotopic (exact) mass is 117 g/mol. The molecule has 0 aliphatic heterocycles. The van der Waals surface area contributed by atoms with E-state index in [4.69, 9.17) is 5.11 Å². The molecule has 0 radical (unpaired) electrons. The summed E-state index contributed by atoms with van der Waals surface area (Å²) in [7, 11) is 0. The van der Waals surface area contributed by atoms with E-state index < -0.39 is 6.09 Å². The number of hydrogen-bond acceptors (Lipinski definition) is 2. The van der Waals surface area contributed by atoms with Gasteiger partial charge in [0.2, 0.25) is 0 Å². The van der Waals surface area contributed by atoms with E-state index in [1.54, 1.807) is 0 Å². The van der Waals surface area contributed by atoms with Gasteiger partial charge in [-0.25, -0.2) is 4.79 Å². The SMILES string of the molecule is NN=NN=NC(=O)O. The molecule has 0 heterocycles. The predicted octanol–water partition coefficient (Wildman–Crippen LogP) is 0.358. The van der Waals surface area contributed by atoms with Gasteiger partial charge in [0.1, 0.15) is 0 Å². The third-order valence-electron chi connectivity index (χ3n) is 0.222. The summed E-state index contributed by atoms with van der Waals surface area (Å²) in [5, 5.41) is 18.2. The predicted molar refractivity (Wildman–Crippen MR) is 21.9 cm³/mol. The van der Waals surface area contributed by atoms with Gasteiger partial charge in [0.05, 0.1) is 0 Å². The first kappa shape index (κ1) is 6.47. The van der Waals surface area contributed by atoms with E-state index in [-0.39, 0.29) is 0 Å². The molecule has 0 unspecified atom stereocenters. The Morgan fingerprint density at radius 3 is 2.50 bits per heavy atom. The average Bonchev–Trinajstić information content (AvgIpc) is 1.66. The van der Waals surface area contributed by atoms with Gasteiger partial charge in [-0.15, -0.1) is 0 Å². The number of hydrogen-bond donors (Lipinski definition) is 2. The maximum Gasteiger partial charge on any atom is 0.451 e. The summed E-state index contributed by atoms with van der Waals surface area (Å²) >= 11 is 0. The topological polar surface area (TPSA) is 113 Å². The number of rotatable bonds is 1. The van der Waals surface area contributed by atoms with Crippen LogP contribution >= 0.6 is 0 Å². The van der Waals surface area contributed by atoms with Gasteiger partial charge < -0.3 is 10.9 Å². The Bertz CT molecular complexity index is 126. The molecule has 0 bridgehead atoms. The summed E-state index contributed by atoms with van der Waals surface area (Å²) in [6.45, 7) is 0. The zero-order chi connectivity index (χ0) is 6.41. The highest BCUT2D eigenvalue weighted by atomic mass is 16.4. The number of nitrogens with two attached hydrogens (primary N) is 1. The first-order valence-corrected chi connectivity index (χ1v) is 1.51. The zero-order valence-corrected chi connectivity index (χ0v) is 3.72. The van der Waals surface area contributed by atoms with E-state index in [2.05, 4.69) is 26.6 Å². The summed E-state index contributed by atoms with van der Waals surface area (Å²) < 4.78 is 0. The van der Waals surface area contributed by atoms with Crippen molar-refractivity contribution in [2.24, 2.45) is 26.6 Å². The van der Waals surface area contributed by atoms with Crippen molar-refractivity contribution in [2.75, 3.05) is 0 Å². The van der Waals surface area contributed by atoms with E-state index >= 15 is 0 Å². The smallest absolute Gasteiger partial charge is 0.451 e. The van der Waals surface area contributed by atoms with Crippen molar-refractivity contribution in [2.45, 2.75) is 0 Å². The molecule has 7 nitrogen and oxygen atoms in total. The summed E-state index contributed by atoms with van der Waals surface area (Å²) in [6.07, 6.45) is -1.43. The zero-order valence-electron chi connectivity index (χ0n) is 3.72. The number of carbonyl (C=O) groups is 1. The van der Waals surface area contributed by atoms with Gasteiger partial charge in [0.25, 0.3) is 0 Å². The maximum atomic E-state index is 9.47. The first-order valence-electron chi connectivity index (χ1n) is 1.51. The van der Waals surface area contributed by atoms with Gasteiger partial charge in [-0.3, -0.25) is 0 Å². The van der Waals surface area contributed by atoms with Crippen LogP contribution in [0, 0.1) is 0 Å². The molecule has 0 saturated carbocycles. The second-order valence-corrected chi connectivity index (χ2v) is 0.677. The molecule has 0 atom stereocenters. The largest absolute Gasteiger partial charge is 0.462 e. The average molecular weight is 117 g/mol. The van der Waals surface area contributed by atoms with Crippen LogP contribution in [0.5, 0.6) is 0 Å². The van der Waals surface area contributed by atoms with Crippen molar-refractivity contribution >= 4 is 6.09 Å². The standard InChI is InChI=1S/CH3N5O2/c2-4-6-5-3-1(7)8/h(H,7,8)(H2,2,3,6). The number of carboxylic acid groups (broad SMARTS) is 1. The highest BCUT2D eigenvalue weighted by molar-refractivity contribution is 5.64. The van der Waals surface area contributed by atoms with Gasteiger partial charge >= 0.3 is 6.09 Å². The third kappa shape index (κ3) is 4.47. The lowest BCUT2D eigenvalue weighted by molar-refractivity contribution is 0.203. The molecule has 44 valence electrons. The van der Waals surface area contributed by atoms with Gasteiger partial charge in [-0.1, -0.05) is 5.22 Å². The van der Waals surface area contributed by atoms with E-state index in [1.165, 1.54) is 0 Å². The van der Waals surface area contributed by atoms with Crippen LogP contribution in [0.2, 0.25) is 0 Å². The van der Waals surface area contributed by atoms with Gasteiger partial charge in [0.15, 0.2) is 0 Å². The second-order valence-electron chi connectivity index (χ2n) is 0.677. The molecule has 8 heavy (non-hydrogen) atoms. The van der Waals surface area contributed by atoms with Crippen molar-refractivity contribution in [3.63, 3.8) is 0 Å². The maximum absolute atomic E-state index is 9.47. The highest BCUT2D eigenvalue weighted by Gasteiger charge is 1.83. The molecule has 1 amide bonds. The van der Waals surface area contributed by atoms with E-state index in [9.17, 15) is 4.79 Å². The van der Waals surface area contributed by atoms with Gasteiger partial charge in [-0.2, -0.15) is 0 Å². The summed E-state index contributed by atoms with van der Waals surface area (Å²) in [5.41, 5.74) is 0. The van der Waals surface area contributed by atoms with Crippen molar-refractivity contribution < 1.29 is 9.90 Å². The van der Waals surface area contributed by atoms with E-state index in [0.29, 0.717) is 0 Å². The molecule has 0 aliphatic rings. The molecular weight excluding hydrogens is 114 g/mol. The van der Waals surface area contributed by atoms with Crippen molar-refractivity contribution in [1.29, 1.82) is 0 Å². The Morgan fingerprint density at radius 1 is 1.50 bits per heavy atom. The van der Waals surface area contributed by atoms with E-state index in [0.717, 1.165) is 0 Å². The van der Waals surface area contributed by atoms with Gasteiger partial charge in [0, 0.05) is 0 Å². The fourth-order valence-corrected chi connectivity index (χ4v) is 0.0814. The van der Waals surface area contributed by atoms with Crippen molar-refractivity contribution in [3.05, 3.63) is 0 Å². The van der Waals surface area contributed by atoms with Crippen LogP contribution in [0.1, 0.15) is 0 Å². The van der Waals surface area contributed by atoms with E-state index in [1.807, 2.05) is 0 Å². The summed E-state index contributed by atoms with van der Waals surface area (Å²) in [6, 6.07) is 0. The third-order valence-corrected chi connectivity index (χ3v) is 0.222. The minimum atomic E-state index is -1.43. The molecule has 0 saturated heterocycles. The lowest BCUT2D eigenvalue weighted by atomic mass is 11.3. The van der Waals surface area contributed by atoms with Crippen LogP contribution in [0.4, 0.5) is 4.79 Å². The van der Waals surface area contributed by atoms with Crippen LogP contribution in [0.15, 0.2) is 20.8 Å². The van der Waals surface area contributed by atoms with Gasteiger partial charge in [-0.05, 0) is 15.6 Å². The highest BCUT2D eigenvalue weighted by Crippen LogP contribution is 1.76. The number of nitrogens with zero attached hydrogens (tertiary/aromatic N) is 4. The van der Waals surface area contributed by atoms with Crippen molar-refractivity contribution in [3.8, 4) is 0 Å². The lowest BCUT2D eigenvalue weighted by Gasteiger charge is -1.69. The molecular formula is CH3N5O2. The van der Waals surface area contributed by atoms with Crippen molar-refractivity contribution in [1.82, 2.24) is 0 Å². The first-order chi connectivity index (χ1) is 3.77. The second kappa shape index (κ2) is 3.65. The molecule has 0 aromatic heterocycles. The van der Waals surface area contributed by atoms with Crippen LogP contribution in [0.3, 0.4) is 0 Å². The molecule has 0 rings (SSSR count). The lowest BCUT2D eigenvalue weighted by Crippen LogP contribution is -1.80. The summed E-state index contributed by atoms with van der Waals surface area (Å²) in [5.74, 6) is 4.43. The molecule has 3 N–H and O–H groups in total. The summed E-state index contributed by atoms with van der Waals surface area (Å²) in [4.78, 5) is 9.47. The van der Waals surface area contributed by atoms with Crippen LogP contribution in [-0.2, 0) is 0 Å². The van der Waals surface area contributed by atoms with Crippen LogP contribution in [0.25, 0.3) is 0 Å². The Hall–Kier alpha value is -1.53. The fourth-order valence-electron chi connectivity index (χ4n) is 0.0814. The van der Waals surface area contributed by atoms with Crippen LogP contribution < -0.4 is 5.84 Å².